The number of anilines is 1. The topological polar surface area (TPSA) is 86.8 Å². The van der Waals surface area contributed by atoms with Crippen LogP contribution < -0.4 is 9.62 Å². The summed E-state index contributed by atoms with van der Waals surface area (Å²) in [6.07, 6.45) is 0.259. The lowest BCUT2D eigenvalue weighted by atomic mass is 10.0. The predicted molar refractivity (Wildman–Crippen MR) is 185 cm³/mol. The number of aryl methyl sites for hydroxylation is 4. The van der Waals surface area contributed by atoms with Crippen LogP contribution in [0.3, 0.4) is 0 Å². The first-order valence-electron chi connectivity index (χ1n) is 15.5. The molecule has 1 atom stereocenters. The maximum Gasteiger partial charge on any atom is 0.264 e. The SMILES string of the molecule is Cc1ccc(S(=O)(=O)N(CC(=O)N(Cc2cccc(C)c2)C(Cc2ccccc2)C(=O)NC(C)(C)C)c2ccc(C)c(C)c2)cc1. The Labute approximate surface area is 274 Å². The summed E-state index contributed by atoms with van der Waals surface area (Å²) in [4.78, 5) is 30.3. The molecule has 4 aromatic carbocycles. The molecule has 0 fully saturated rings. The van der Waals surface area contributed by atoms with Gasteiger partial charge in [0.1, 0.15) is 12.6 Å². The molecule has 0 aliphatic rings. The maximum absolute atomic E-state index is 14.6. The van der Waals surface area contributed by atoms with E-state index in [-0.39, 0.29) is 23.8 Å². The number of benzene rings is 4. The molecule has 2 amide bonds. The van der Waals surface area contributed by atoms with Crippen LogP contribution in [-0.2, 0) is 32.6 Å². The first-order chi connectivity index (χ1) is 21.6. The van der Waals surface area contributed by atoms with Crippen molar-refractivity contribution in [2.75, 3.05) is 10.8 Å². The lowest BCUT2D eigenvalue weighted by molar-refractivity contribution is -0.140. The highest BCUT2D eigenvalue weighted by atomic mass is 32.2. The van der Waals surface area contributed by atoms with Gasteiger partial charge in [-0.3, -0.25) is 13.9 Å². The van der Waals surface area contributed by atoms with E-state index in [4.69, 9.17) is 0 Å². The van der Waals surface area contributed by atoms with Crippen molar-refractivity contribution in [1.82, 2.24) is 10.2 Å². The Kier molecular flexibility index (Phi) is 10.7. The van der Waals surface area contributed by atoms with Crippen LogP contribution in [0.1, 0.15) is 54.2 Å². The van der Waals surface area contributed by atoms with Crippen LogP contribution in [0.5, 0.6) is 0 Å². The monoisotopic (exact) mass is 639 g/mol. The van der Waals surface area contributed by atoms with Crippen molar-refractivity contribution in [3.8, 4) is 0 Å². The van der Waals surface area contributed by atoms with E-state index in [0.29, 0.717) is 5.69 Å². The molecular formula is C38H45N3O4S. The number of carbonyl (C=O) groups excluding carboxylic acids is 2. The number of nitrogens with zero attached hydrogens (tertiary/aromatic N) is 2. The third-order valence-electron chi connectivity index (χ3n) is 7.87. The molecule has 0 spiro atoms. The van der Waals surface area contributed by atoms with E-state index in [1.165, 1.54) is 4.90 Å². The van der Waals surface area contributed by atoms with Gasteiger partial charge in [0.05, 0.1) is 10.6 Å². The number of hydrogen-bond acceptors (Lipinski definition) is 4. The van der Waals surface area contributed by atoms with E-state index in [0.717, 1.165) is 37.7 Å². The first-order valence-corrected chi connectivity index (χ1v) is 17.0. The molecule has 0 saturated carbocycles. The molecule has 4 aromatic rings. The van der Waals surface area contributed by atoms with Crippen LogP contribution >= 0.6 is 0 Å². The number of hydrogen-bond donors (Lipinski definition) is 1. The summed E-state index contributed by atoms with van der Waals surface area (Å²) in [6, 6.07) is 28.4. The highest BCUT2D eigenvalue weighted by Crippen LogP contribution is 2.27. The zero-order valence-electron chi connectivity index (χ0n) is 27.9. The van der Waals surface area contributed by atoms with Crippen molar-refractivity contribution >= 4 is 27.5 Å². The quantitative estimate of drug-likeness (QED) is 0.199. The minimum Gasteiger partial charge on any atom is -0.350 e. The molecule has 1 unspecified atom stereocenters. The molecular weight excluding hydrogens is 595 g/mol. The minimum absolute atomic E-state index is 0.0840. The van der Waals surface area contributed by atoms with E-state index in [1.54, 1.807) is 36.4 Å². The van der Waals surface area contributed by atoms with Gasteiger partial charge in [-0.1, -0.05) is 83.9 Å². The Balaban J connectivity index is 1.84. The van der Waals surface area contributed by atoms with Crippen molar-refractivity contribution in [3.63, 3.8) is 0 Å². The molecule has 0 saturated heterocycles. The molecule has 7 nitrogen and oxygen atoms in total. The van der Waals surface area contributed by atoms with Gasteiger partial charge in [0, 0.05) is 18.5 Å². The van der Waals surface area contributed by atoms with Crippen LogP contribution in [0, 0.1) is 27.7 Å². The molecule has 1 N–H and O–H groups in total. The highest BCUT2D eigenvalue weighted by Gasteiger charge is 2.35. The molecule has 8 heteroatoms. The average molecular weight is 640 g/mol. The van der Waals surface area contributed by atoms with Gasteiger partial charge in [0.25, 0.3) is 10.0 Å². The van der Waals surface area contributed by atoms with Gasteiger partial charge in [0.2, 0.25) is 11.8 Å². The zero-order chi connectivity index (χ0) is 33.6. The van der Waals surface area contributed by atoms with E-state index in [2.05, 4.69) is 5.32 Å². The van der Waals surface area contributed by atoms with Crippen molar-refractivity contribution in [2.45, 2.75) is 77.9 Å². The van der Waals surface area contributed by atoms with Gasteiger partial charge < -0.3 is 10.2 Å². The van der Waals surface area contributed by atoms with E-state index >= 15 is 0 Å². The number of sulfonamides is 1. The summed E-state index contributed by atoms with van der Waals surface area (Å²) in [6.45, 7) is 13.0. The molecule has 242 valence electrons. The standard InChI is InChI=1S/C38H45N3O4S/c1-27-16-20-34(21-17-27)46(44,45)41(33-19-18-29(3)30(4)23-33)26-36(42)40(25-32-15-11-12-28(2)22-32)35(37(43)39-38(5,6)7)24-31-13-9-8-10-14-31/h8-23,35H,24-26H2,1-7H3,(H,39,43). The normalized spacial score (nSPS) is 12.3. The van der Waals surface area contributed by atoms with Crippen LogP contribution in [-0.4, -0.2) is 43.3 Å². The van der Waals surface area contributed by atoms with Crippen LogP contribution in [0.25, 0.3) is 0 Å². The van der Waals surface area contributed by atoms with Gasteiger partial charge in [-0.2, -0.15) is 0 Å². The van der Waals surface area contributed by atoms with E-state index < -0.39 is 34.1 Å². The second kappa shape index (κ2) is 14.3. The summed E-state index contributed by atoms with van der Waals surface area (Å²) in [5.41, 5.74) is 5.40. The number of rotatable bonds is 11. The van der Waals surface area contributed by atoms with Crippen molar-refractivity contribution < 1.29 is 18.0 Å². The Morgan fingerprint density at radius 1 is 0.739 bits per heavy atom. The lowest BCUT2D eigenvalue weighted by Crippen LogP contribution is -2.56. The third kappa shape index (κ3) is 8.85. The Bertz CT molecular complexity index is 1780. The molecule has 46 heavy (non-hydrogen) atoms. The minimum atomic E-state index is -4.16. The van der Waals surface area contributed by atoms with Crippen LogP contribution in [0.4, 0.5) is 5.69 Å². The van der Waals surface area contributed by atoms with Crippen LogP contribution in [0.15, 0.2) is 102 Å². The molecule has 0 aliphatic heterocycles. The van der Waals surface area contributed by atoms with Gasteiger partial charge in [0.15, 0.2) is 0 Å². The van der Waals surface area contributed by atoms with Crippen molar-refractivity contribution in [1.29, 1.82) is 0 Å². The highest BCUT2D eigenvalue weighted by molar-refractivity contribution is 7.92. The molecule has 4 rings (SSSR count). The van der Waals surface area contributed by atoms with Gasteiger partial charge >= 0.3 is 0 Å². The van der Waals surface area contributed by atoms with E-state index in [9.17, 15) is 18.0 Å². The number of carbonyl (C=O) groups is 2. The molecule has 0 radical (unpaired) electrons. The molecule has 0 aliphatic carbocycles. The van der Waals surface area contributed by atoms with Gasteiger partial charge in [-0.25, -0.2) is 8.42 Å². The third-order valence-corrected chi connectivity index (χ3v) is 9.66. The van der Waals surface area contributed by atoms with Gasteiger partial charge in [-0.05, 0) is 95.0 Å². The van der Waals surface area contributed by atoms with Crippen molar-refractivity contribution in [2.24, 2.45) is 0 Å². The van der Waals surface area contributed by atoms with Crippen molar-refractivity contribution in [3.05, 3.63) is 130 Å². The Morgan fingerprint density at radius 3 is 2.00 bits per heavy atom. The average Bonchev–Trinajstić information content (AvgIpc) is 2.99. The van der Waals surface area contributed by atoms with E-state index in [1.807, 2.05) is 109 Å². The number of amides is 2. The lowest BCUT2D eigenvalue weighted by Gasteiger charge is -2.35. The largest absolute Gasteiger partial charge is 0.350 e. The summed E-state index contributed by atoms with van der Waals surface area (Å²) in [5, 5.41) is 3.07. The van der Waals surface area contributed by atoms with Crippen LogP contribution in [0.2, 0.25) is 0 Å². The smallest absolute Gasteiger partial charge is 0.264 e. The second-order valence-electron chi connectivity index (χ2n) is 13.0. The second-order valence-corrected chi connectivity index (χ2v) is 14.9. The maximum atomic E-state index is 14.6. The first kappa shape index (κ1) is 34.4. The molecule has 0 aromatic heterocycles. The fraction of sp³-hybridized carbons (Fsp3) is 0.316. The fourth-order valence-corrected chi connectivity index (χ4v) is 6.67. The van der Waals surface area contributed by atoms with Gasteiger partial charge in [-0.15, -0.1) is 0 Å². The zero-order valence-corrected chi connectivity index (χ0v) is 28.7. The summed E-state index contributed by atoms with van der Waals surface area (Å²) in [5.74, 6) is -0.795. The predicted octanol–water partition coefficient (Wildman–Crippen LogP) is 6.67. The summed E-state index contributed by atoms with van der Waals surface area (Å²) in [7, 11) is -4.16. The number of nitrogens with one attached hydrogen (secondary N) is 1. The Hall–Kier alpha value is -4.43. The molecule has 0 heterocycles. The summed E-state index contributed by atoms with van der Waals surface area (Å²) >= 11 is 0. The Morgan fingerprint density at radius 2 is 1.39 bits per heavy atom. The fourth-order valence-electron chi connectivity index (χ4n) is 5.26. The molecule has 0 bridgehead atoms. The summed E-state index contributed by atoms with van der Waals surface area (Å²) < 4.78 is 29.7.